The summed E-state index contributed by atoms with van der Waals surface area (Å²) < 4.78 is 9.75. The van der Waals surface area contributed by atoms with Crippen molar-refractivity contribution in [1.29, 1.82) is 0 Å². The van der Waals surface area contributed by atoms with Gasteiger partial charge in [0.15, 0.2) is 5.75 Å². The summed E-state index contributed by atoms with van der Waals surface area (Å²) in [7, 11) is 2.69. The highest BCUT2D eigenvalue weighted by molar-refractivity contribution is 6.32. The lowest BCUT2D eigenvalue weighted by Gasteiger charge is -2.08. The number of nitro groups is 1. The molecule has 0 saturated carbocycles. The monoisotopic (exact) mass is 217 g/mol. The minimum atomic E-state index is -0.558. The number of nitrogens with zero attached hydrogens (tertiary/aromatic N) is 1. The van der Waals surface area contributed by atoms with Gasteiger partial charge in [-0.15, -0.1) is 0 Å². The van der Waals surface area contributed by atoms with Crippen molar-refractivity contribution in [1.82, 2.24) is 0 Å². The molecule has 0 amide bonds. The Morgan fingerprint density at radius 3 is 2.29 bits per heavy atom. The van der Waals surface area contributed by atoms with Gasteiger partial charge in [0.2, 0.25) is 5.75 Å². The first-order chi connectivity index (χ1) is 6.61. The molecule has 0 aliphatic rings. The highest BCUT2D eigenvalue weighted by Crippen LogP contribution is 2.41. The van der Waals surface area contributed by atoms with Gasteiger partial charge in [-0.05, 0) is 6.07 Å². The van der Waals surface area contributed by atoms with Gasteiger partial charge in [0.05, 0.1) is 24.2 Å². The van der Waals surface area contributed by atoms with Crippen molar-refractivity contribution in [2.75, 3.05) is 14.2 Å². The van der Waals surface area contributed by atoms with E-state index in [4.69, 9.17) is 21.1 Å². The third-order valence-electron chi connectivity index (χ3n) is 1.65. The summed E-state index contributed by atoms with van der Waals surface area (Å²) in [6.07, 6.45) is 0. The van der Waals surface area contributed by atoms with Crippen LogP contribution >= 0.6 is 11.6 Å². The van der Waals surface area contributed by atoms with Crippen molar-refractivity contribution < 1.29 is 14.4 Å². The summed E-state index contributed by atoms with van der Waals surface area (Å²) in [4.78, 5) is 10.0. The second-order valence-corrected chi connectivity index (χ2v) is 2.80. The lowest BCUT2D eigenvalue weighted by molar-refractivity contribution is -0.385. The third kappa shape index (κ3) is 1.72. The van der Waals surface area contributed by atoms with Crippen LogP contribution in [0.5, 0.6) is 11.5 Å². The zero-order chi connectivity index (χ0) is 10.7. The van der Waals surface area contributed by atoms with Crippen LogP contribution in [0.1, 0.15) is 0 Å². The highest BCUT2D eigenvalue weighted by Gasteiger charge is 2.21. The van der Waals surface area contributed by atoms with Gasteiger partial charge in [0.1, 0.15) is 0 Å². The van der Waals surface area contributed by atoms with Crippen LogP contribution in [-0.2, 0) is 0 Å². The lowest BCUT2D eigenvalue weighted by Crippen LogP contribution is -1.97. The molecule has 0 fully saturated rings. The molecule has 0 N–H and O–H groups in total. The number of hydrogen-bond donors (Lipinski definition) is 0. The SMILES string of the molecule is COc1c(Cl)ccc([N+](=O)[O-])c1OC. The Bertz CT molecular complexity index is 367. The fourth-order valence-electron chi connectivity index (χ4n) is 1.06. The van der Waals surface area contributed by atoms with Crippen LogP contribution in [0.2, 0.25) is 5.02 Å². The first kappa shape index (κ1) is 10.6. The average molecular weight is 218 g/mol. The molecule has 0 aromatic heterocycles. The molecule has 0 spiro atoms. The molecule has 5 nitrogen and oxygen atoms in total. The maximum absolute atomic E-state index is 10.6. The van der Waals surface area contributed by atoms with Gasteiger partial charge in [-0.2, -0.15) is 0 Å². The summed E-state index contributed by atoms with van der Waals surface area (Å²) in [6.45, 7) is 0. The molecule has 6 heteroatoms. The highest BCUT2D eigenvalue weighted by atomic mass is 35.5. The van der Waals surface area contributed by atoms with Crippen LogP contribution in [0, 0.1) is 10.1 Å². The first-order valence-corrected chi connectivity index (χ1v) is 4.04. The van der Waals surface area contributed by atoms with E-state index in [0.29, 0.717) is 0 Å². The number of halogens is 1. The van der Waals surface area contributed by atoms with Gasteiger partial charge in [-0.25, -0.2) is 0 Å². The van der Waals surface area contributed by atoms with E-state index in [1.807, 2.05) is 0 Å². The van der Waals surface area contributed by atoms with E-state index in [1.165, 1.54) is 26.4 Å². The van der Waals surface area contributed by atoms with E-state index in [0.717, 1.165) is 0 Å². The van der Waals surface area contributed by atoms with Crippen molar-refractivity contribution in [3.05, 3.63) is 27.3 Å². The minimum Gasteiger partial charge on any atom is -0.491 e. The molecule has 0 atom stereocenters. The molecule has 14 heavy (non-hydrogen) atoms. The number of methoxy groups -OCH3 is 2. The predicted octanol–water partition coefficient (Wildman–Crippen LogP) is 2.27. The van der Waals surface area contributed by atoms with Gasteiger partial charge >= 0.3 is 5.69 Å². The molecule has 1 aromatic carbocycles. The van der Waals surface area contributed by atoms with Crippen molar-refractivity contribution in [2.24, 2.45) is 0 Å². The molecule has 0 bridgehead atoms. The largest absolute Gasteiger partial charge is 0.491 e. The topological polar surface area (TPSA) is 61.6 Å². The van der Waals surface area contributed by atoms with Gasteiger partial charge in [0, 0.05) is 6.07 Å². The fraction of sp³-hybridized carbons (Fsp3) is 0.250. The molecule has 0 heterocycles. The maximum Gasteiger partial charge on any atom is 0.314 e. The van der Waals surface area contributed by atoms with Gasteiger partial charge < -0.3 is 9.47 Å². The summed E-state index contributed by atoms with van der Waals surface area (Å²) in [6, 6.07) is 2.66. The van der Waals surface area contributed by atoms with Crippen molar-refractivity contribution in [3.63, 3.8) is 0 Å². The first-order valence-electron chi connectivity index (χ1n) is 3.66. The van der Waals surface area contributed by atoms with Gasteiger partial charge in [-0.3, -0.25) is 10.1 Å². The maximum atomic E-state index is 10.6. The van der Waals surface area contributed by atoms with E-state index in [1.54, 1.807) is 0 Å². The van der Waals surface area contributed by atoms with E-state index < -0.39 is 4.92 Å². The predicted molar refractivity (Wildman–Crippen MR) is 51.2 cm³/mol. The molecule has 0 unspecified atom stereocenters. The second kappa shape index (κ2) is 4.15. The van der Waals surface area contributed by atoms with Crippen LogP contribution in [-0.4, -0.2) is 19.1 Å². The van der Waals surface area contributed by atoms with Crippen LogP contribution in [0.15, 0.2) is 12.1 Å². The van der Waals surface area contributed by atoms with E-state index in [2.05, 4.69) is 0 Å². The zero-order valence-corrected chi connectivity index (χ0v) is 8.37. The minimum absolute atomic E-state index is 0.0324. The average Bonchev–Trinajstić information content (AvgIpc) is 2.16. The fourth-order valence-corrected chi connectivity index (χ4v) is 1.29. The molecular formula is C8H8ClNO4. The number of rotatable bonds is 3. The molecule has 0 radical (unpaired) electrons. The van der Waals surface area contributed by atoms with E-state index >= 15 is 0 Å². The van der Waals surface area contributed by atoms with E-state index in [-0.39, 0.29) is 22.2 Å². The Morgan fingerprint density at radius 2 is 1.86 bits per heavy atom. The van der Waals surface area contributed by atoms with Crippen LogP contribution < -0.4 is 9.47 Å². The Balaban J connectivity index is 3.40. The number of nitro benzene ring substituents is 1. The lowest BCUT2D eigenvalue weighted by atomic mass is 10.2. The summed E-state index contributed by atoms with van der Waals surface area (Å²) in [5, 5.41) is 10.9. The molecule has 0 saturated heterocycles. The molecular weight excluding hydrogens is 210 g/mol. The molecule has 0 aliphatic heterocycles. The molecule has 0 aliphatic carbocycles. The van der Waals surface area contributed by atoms with Gasteiger partial charge in [0.25, 0.3) is 0 Å². The van der Waals surface area contributed by atoms with Gasteiger partial charge in [-0.1, -0.05) is 11.6 Å². The number of benzene rings is 1. The van der Waals surface area contributed by atoms with Crippen molar-refractivity contribution >= 4 is 17.3 Å². The van der Waals surface area contributed by atoms with Crippen LogP contribution in [0.3, 0.4) is 0 Å². The summed E-state index contributed by atoms with van der Waals surface area (Å²) in [5.41, 5.74) is -0.172. The number of ether oxygens (including phenoxy) is 2. The summed E-state index contributed by atoms with van der Waals surface area (Å²) >= 11 is 5.76. The molecule has 1 aromatic rings. The standard InChI is InChI=1S/C8H8ClNO4/c1-13-7-5(9)3-4-6(10(11)12)8(7)14-2/h3-4H,1-2H3. The zero-order valence-electron chi connectivity index (χ0n) is 7.61. The van der Waals surface area contributed by atoms with Crippen molar-refractivity contribution in [2.45, 2.75) is 0 Å². The normalized spacial score (nSPS) is 9.64. The van der Waals surface area contributed by atoms with Crippen molar-refractivity contribution in [3.8, 4) is 11.5 Å². The summed E-state index contributed by atoms with van der Waals surface area (Å²) in [5.74, 6) is 0.202. The van der Waals surface area contributed by atoms with Crippen LogP contribution in [0.4, 0.5) is 5.69 Å². The smallest absolute Gasteiger partial charge is 0.314 e. The Morgan fingerprint density at radius 1 is 1.29 bits per heavy atom. The van der Waals surface area contributed by atoms with Crippen LogP contribution in [0.25, 0.3) is 0 Å². The number of hydrogen-bond acceptors (Lipinski definition) is 4. The molecule has 1 rings (SSSR count). The quantitative estimate of drug-likeness (QED) is 0.576. The Kier molecular flexibility index (Phi) is 3.14. The third-order valence-corrected chi connectivity index (χ3v) is 1.95. The Labute approximate surface area is 85.3 Å². The Hall–Kier alpha value is -1.49. The second-order valence-electron chi connectivity index (χ2n) is 2.39. The molecule has 76 valence electrons. The van der Waals surface area contributed by atoms with E-state index in [9.17, 15) is 10.1 Å².